The molecule has 1 unspecified atom stereocenters. The number of amides is 1. The Bertz CT molecular complexity index is 217. The molecule has 3 nitrogen and oxygen atoms in total. The molecule has 86 valence electrons. The summed E-state index contributed by atoms with van der Waals surface area (Å²) in [5.74, 6) is 4.99. The molecule has 0 saturated carbocycles. The zero-order valence-electron chi connectivity index (χ0n) is 8.83. The lowest BCUT2D eigenvalue weighted by Crippen LogP contribution is -2.52. The fourth-order valence-corrected chi connectivity index (χ4v) is 4.35. The third-order valence-electron chi connectivity index (χ3n) is 2.73. The van der Waals surface area contributed by atoms with Gasteiger partial charge < -0.3 is 10.6 Å². The molecule has 0 aromatic carbocycles. The summed E-state index contributed by atoms with van der Waals surface area (Å²) in [5.41, 5.74) is 0. The first kappa shape index (κ1) is 11.6. The number of piperidine rings is 1. The Morgan fingerprint density at radius 1 is 1.27 bits per heavy atom. The number of hydrogen-bond donors (Lipinski definition) is 2. The standard InChI is InChI=1S/C10H18N2OS2/c13-10-9(2-1-3-11-10)12-8-6-14-4-5-15-7-8/h8-9,12H,1-7H2,(H,11,13). The third kappa shape index (κ3) is 3.57. The largest absolute Gasteiger partial charge is 0.355 e. The second kappa shape index (κ2) is 6.01. The van der Waals surface area contributed by atoms with Crippen LogP contribution in [0.2, 0.25) is 0 Å². The minimum absolute atomic E-state index is 0.0584. The summed E-state index contributed by atoms with van der Waals surface area (Å²) in [4.78, 5) is 11.6. The van der Waals surface area contributed by atoms with Gasteiger partial charge in [0.2, 0.25) is 5.91 Å². The van der Waals surface area contributed by atoms with Crippen molar-refractivity contribution < 1.29 is 4.79 Å². The van der Waals surface area contributed by atoms with Crippen LogP contribution in [0.4, 0.5) is 0 Å². The molecule has 0 spiro atoms. The van der Waals surface area contributed by atoms with E-state index in [1.54, 1.807) is 0 Å². The van der Waals surface area contributed by atoms with Gasteiger partial charge in [-0.3, -0.25) is 4.79 Å². The molecule has 2 N–H and O–H groups in total. The Kier molecular flexibility index (Phi) is 4.65. The maximum atomic E-state index is 11.6. The van der Waals surface area contributed by atoms with E-state index in [0.717, 1.165) is 30.9 Å². The van der Waals surface area contributed by atoms with Gasteiger partial charge in [-0.25, -0.2) is 0 Å². The zero-order chi connectivity index (χ0) is 10.5. The second-order valence-corrected chi connectivity index (χ2v) is 6.30. The summed E-state index contributed by atoms with van der Waals surface area (Å²) in [7, 11) is 0. The molecular formula is C10H18N2OS2. The molecule has 0 aliphatic carbocycles. The minimum atomic E-state index is 0.0584. The molecule has 2 saturated heterocycles. The lowest BCUT2D eigenvalue weighted by Gasteiger charge is -2.27. The van der Waals surface area contributed by atoms with Crippen LogP contribution < -0.4 is 10.6 Å². The van der Waals surface area contributed by atoms with E-state index in [1.807, 2.05) is 23.5 Å². The molecule has 0 aromatic rings. The van der Waals surface area contributed by atoms with Gasteiger partial charge in [-0.05, 0) is 12.8 Å². The van der Waals surface area contributed by atoms with E-state index >= 15 is 0 Å². The highest BCUT2D eigenvalue weighted by molar-refractivity contribution is 8.03. The Morgan fingerprint density at radius 2 is 2.00 bits per heavy atom. The fraction of sp³-hybridized carbons (Fsp3) is 0.900. The number of thioether (sulfide) groups is 2. The molecule has 2 fully saturated rings. The van der Waals surface area contributed by atoms with Crippen LogP contribution in [0.1, 0.15) is 12.8 Å². The first-order valence-corrected chi connectivity index (χ1v) is 7.86. The summed E-state index contributed by atoms with van der Waals surface area (Å²) >= 11 is 4.00. The lowest BCUT2D eigenvalue weighted by atomic mass is 10.1. The normalized spacial score (nSPS) is 29.6. The summed E-state index contributed by atoms with van der Waals surface area (Å²) < 4.78 is 0. The van der Waals surface area contributed by atoms with E-state index in [1.165, 1.54) is 11.5 Å². The van der Waals surface area contributed by atoms with Crippen molar-refractivity contribution in [1.82, 2.24) is 10.6 Å². The highest BCUT2D eigenvalue weighted by Crippen LogP contribution is 2.17. The van der Waals surface area contributed by atoms with Gasteiger partial charge in [-0.1, -0.05) is 0 Å². The number of nitrogens with one attached hydrogen (secondary N) is 2. The van der Waals surface area contributed by atoms with Crippen molar-refractivity contribution in [3.63, 3.8) is 0 Å². The van der Waals surface area contributed by atoms with Crippen molar-refractivity contribution in [2.75, 3.05) is 29.6 Å². The van der Waals surface area contributed by atoms with E-state index in [9.17, 15) is 4.79 Å². The van der Waals surface area contributed by atoms with Crippen molar-refractivity contribution in [3.8, 4) is 0 Å². The molecular weight excluding hydrogens is 228 g/mol. The topological polar surface area (TPSA) is 41.1 Å². The van der Waals surface area contributed by atoms with Gasteiger partial charge in [0.25, 0.3) is 0 Å². The Balaban J connectivity index is 1.80. The molecule has 0 radical (unpaired) electrons. The lowest BCUT2D eigenvalue weighted by molar-refractivity contribution is -0.124. The number of rotatable bonds is 2. The average Bonchev–Trinajstić information content (AvgIpc) is 2.50. The summed E-state index contributed by atoms with van der Waals surface area (Å²) in [6.45, 7) is 0.852. The smallest absolute Gasteiger partial charge is 0.237 e. The van der Waals surface area contributed by atoms with E-state index in [2.05, 4.69) is 10.6 Å². The van der Waals surface area contributed by atoms with Crippen LogP contribution in [0.15, 0.2) is 0 Å². The zero-order valence-corrected chi connectivity index (χ0v) is 10.5. The van der Waals surface area contributed by atoms with E-state index in [-0.39, 0.29) is 11.9 Å². The molecule has 0 bridgehead atoms. The van der Waals surface area contributed by atoms with Crippen LogP contribution in [0, 0.1) is 0 Å². The van der Waals surface area contributed by atoms with Crippen LogP contribution in [-0.2, 0) is 4.79 Å². The molecule has 1 atom stereocenters. The number of carbonyl (C=O) groups is 1. The first-order valence-electron chi connectivity index (χ1n) is 5.55. The highest BCUT2D eigenvalue weighted by Gasteiger charge is 2.25. The molecule has 2 aliphatic rings. The van der Waals surface area contributed by atoms with E-state index in [4.69, 9.17) is 0 Å². The van der Waals surface area contributed by atoms with Crippen LogP contribution in [0.3, 0.4) is 0 Å². The molecule has 15 heavy (non-hydrogen) atoms. The highest BCUT2D eigenvalue weighted by atomic mass is 32.2. The maximum absolute atomic E-state index is 11.6. The SMILES string of the molecule is O=C1NCCCC1NC1CSCCSC1. The van der Waals surface area contributed by atoms with Crippen LogP contribution in [0.25, 0.3) is 0 Å². The Hall–Kier alpha value is 0.130. The van der Waals surface area contributed by atoms with Crippen LogP contribution in [-0.4, -0.2) is 47.5 Å². The predicted molar refractivity (Wildman–Crippen MR) is 67.6 cm³/mol. The van der Waals surface area contributed by atoms with Gasteiger partial charge in [0.05, 0.1) is 6.04 Å². The van der Waals surface area contributed by atoms with Gasteiger partial charge in [0.15, 0.2) is 0 Å². The van der Waals surface area contributed by atoms with Crippen molar-refractivity contribution in [1.29, 1.82) is 0 Å². The quantitative estimate of drug-likeness (QED) is 0.753. The monoisotopic (exact) mass is 246 g/mol. The van der Waals surface area contributed by atoms with Gasteiger partial charge in [-0.15, -0.1) is 0 Å². The van der Waals surface area contributed by atoms with Gasteiger partial charge in [0.1, 0.15) is 0 Å². The molecule has 0 aromatic heterocycles. The summed E-state index contributed by atoms with van der Waals surface area (Å²) in [6, 6.07) is 0.569. The van der Waals surface area contributed by atoms with Gasteiger partial charge >= 0.3 is 0 Å². The van der Waals surface area contributed by atoms with Crippen molar-refractivity contribution >= 4 is 29.4 Å². The van der Waals surface area contributed by atoms with E-state index < -0.39 is 0 Å². The second-order valence-electron chi connectivity index (χ2n) is 4.00. The molecule has 5 heteroatoms. The average molecular weight is 246 g/mol. The molecule has 2 rings (SSSR count). The summed E-state index contributed by atoms with van der Waals surface area (Å²) in [5, 5.41) is 6.42. The van der Waals surface area contributed by atoms with Crippen molar-refractivity contribution in [2.24, 2.45) is 0 Å². The molecule has 2 aliphatic heterocycles. The molecule has 2 heterocycles. The predicted octanol–water partition coefficient (Wildman–Crippen LogP) is 0.703. The maximum Gasteiger partial charge on any atom is 0.237 e. The van der Waals surface area contributed by atoms with Gasteiger partial charge in [-0.2, -0.15) is 23.5 Å². The van der Waals surface area contributed by atoms with E-state index in [0.29, 0.717) is 6.04 Å². The fourth-order valence-electron chi connectivity index (χ4n) is 1.93. The summed E-state index contributed by atoms with van der Waals surface area (Å²) in [6.07, 6.45) is 2.11. The van der Waals surface area contributed by atoms with Crippen LogP contribution in [0.5, 0.6) is 0 Å². The van der Waals surface area contributed by atoms with Crippen molar-refractivity contribution in [2.45, 2.75) is 24.9 Å². The first-order chi connectivity index (χ1) is 7.36. The number of hydrogen-bond acceptors (Lipinski definition) is 4. The Morgan fingerprint density at radius 3 is 2.67 bits per heavy atom. The number of carbonyl (C=O) groups excluding carboxylic acids is 1. The van der Waals surface area contributed by atoms with Crippen molar-refractivity contribution in [3.05, 3.63) is 0 Å². The molecule has 1 amide bonds. The van der Waals surface area contributed by atoms with Crippen LogP contribution >= 0.6 is 23.5 Å². The minimum Gasteiger partial charge on any atom is -0.355 e. The third-order valence-corrected chi connectivity index (χ3v) is 5.25. The van der Waals surface area contributed by atoms with Gasteiger partial charge in [0, 0.05) is 35.6 Å². The Labute approximate surface area is 99.5 Å².